The van der Waals surface area contributed by atoms with Gasteiger partial charge < -0.3 is 4.74 Å². The fraction of sp³-hybridized carbons (Fsp3) is 0.368. The topological polar surface area (TPSA) is 52.6 Å². The first-order valence-corrected chi connectivity index (χ1v) is 9.94. The molecule has 0 N–H and O–H groups in total. The summed E-state index contributed by atoms with van der Waals surface area (Å²) < 4.78 is 33.6. The summed E-state index contributed by atoms with van der Waals surface area (Å²) in [6, 6.07) is 20.6. The van der Waals surface area contributed by atoms with Gasteiger partial charge in [-0.1, -0.05) is 60.7 Å². The van der Waals surface area contributed by atoms with Gasteiger partial charge in [0.1, 0.15) is 6.10 Å². The van der Waals surface area contributed by atoms with E-state index in [4.69, 9.17) is 8.92 Å². The van der Waals surface area contributed by atoms with Gasteiger partial charge in [-0.3, -0.25) is 4.18 Å². The van der Waals surface area contributed by atoms with Crippen LogP contribution in [-0.2, 0) is 19.0 Å². The highest BCUT2D eigenvalue weighted by molar-refractivity contribution is 7.86. The van der Waals surface area contributed by atoms with Crippen LogP contribution >= 0.6 is 0 Å². The first-order chi connectivity index (χ1) is 11.5. The van der Waals surface area contributed by atoms with E-state index in [0.717, 1.165) is 12.7 Å². The third-order valence-electron chi connectivity index (χ3n) is 4.27. The molecule has 5 heteroatoms. The first kappa shape index (κ1) is 17.1. The SMILES string of the molecule is CS(=O)(=O)O[C@@H]1CCC(C(c2ccccc2)c2ccccc2)OC1. The number of benzene rings is 2. The van der Waals surface area contributed by atoms with Gasteiger partial charge in [-0.2, -0.15) is 8.42 Å². The van der Waals surface area contributed by atoms with Gasteiger partial charge in [0.2, 0.25) is 0 Å². The lowest BCUT2D eigenvalue weighted by Gasteiger charge is -2.34. The highest BCUT2D eigenvalue weighted by Crippen LogP contribution is 2.34. The van der Waals surface area contributed by atoms with E-state index in [9.17, 15) is 8.42 Å². The Hall–Kier alpha value is -1.69. The lowest BCUT2D eigenvalue weighted by Crippen LogP contribution is -2.36. The number of ether oxygens (including phenoxy) is 1. The minimum Gasteiger partial charge on any atom is -0.374 e. The second-order valence-electron chi connectivity index (χ2n) is 6.17. The van der Waals surface area contributed by atoms with E-state index in [1.54, 1.807) is 0 Å². The zero-order chi connectivity index (χ0) is 17.0. The smallest absolute Gasteiger partial charge is 0.264 e. The van der Waals surface area contributed by atoms with Crippen LogP contribution in [0.1, 0.15) is 29.9 Å². The lowest BCUT2D eigenvalue weighted by atomic mass is 9.83. The Bertz CT molecular complexity index is 696. The van der Waals surface area contributed by atoms with Crippen molar-refractivity contribution in [3.63, 3.8) is 0 Å². The van der Waals surface area contributed by atoms with E-state index in [1.165, 1.54) is 11.1 Å². The second-order valence-corrected chi connectivity index (χ2v) is 7.77. The van der Waals surface area contributed by atoms with Crippen LogP contribution in [0.25, 0.3) is 0 Å². The van der Waals surface area contributed by atoms with E-state index in [1.807, 2.05) is 36.4 Å². The van der Waals surface area contributed by atoms with E-state index < -0.39 is 10.1 Å². The molecule has 2 atom stereocenters. The van der Waals surface area contributed by atoms with E-state index in [2.05, 4.69) is 24.3 Å². The first-order valence-electron chi connectivity index (χ1n) is 8.13. The molecule has 2 aromatic carbocycles. The molecule has 1 saturated heterocycles. The Morgan fingerprint density at radius 3 is 1.92 bits per heavy atom. The molecule has 0 spiro atoms. The largest absolute Gasteiger partial charge is 0.374 e. The van der Waals surface area contributed by atoms with Crippen molar-refractivity contribution in [2.75, 3.05) is 12.9 Å². The van der Waals surface area contributed by atoms with Gasteiger partial charge in [-0.25, -0.2) is 0 Å². The fourth-order valence-corrected chi connectivity index (χ4v) is 3.92. The van der Waals surface area contributed by atoms with Crippen molar-refractivity contribution in [2.24, 2.45) is 0 Å². The number of hydrogen-bond donors (Lipinski definition) is 0. The maximum absolute atomic E-state index is 11.3. The molecule has 1 aliphatic rings. The molecule has 1 unspecified atom stereocenters. The number of hydrogen-bond acceptors (Lipinski definition) is 4. The molecule has 0 bridgehead atoms. The highest BCUT2D eigenvalue weighted by Gasteiger charge is 2.32. The minimum atomic E-state index is -3.45. The molecular weight excluding hydrogens is 324 g/mol. The zero-order valence-corrected chi connectivity index (χ0v) is 14.5. The summed E-state index contributed by atoms with van der Waals surface area (Å²) in [5, 5.41) is 0. The van der Waals surface area contributed by atoms with Gasteiger partial charge in [0.05, 0.1) is 19.0 Å². The van der Waals surface area contributed by atoms with Crippen molar-refractivity contribution in [3.8, 4) is 0 Å². The molecule has 3 rings (SSSR count). The summed E-state index contributed by atoms with van der Waals surface area (Å²) in [6.45, 7) is 0.300. The summed E-state index contributed by atoms with van der Waals surface area (Å²) in [5.41, 5.74) is 2.41. The van der Waals surface area contributed by atoms with Crippen molar-refractivity contribution in [1.82, 2.24) is 0 Å². The molecule has 0 aromatic heterocycles. The molecule has 0 aliphatic carbocycles. The Kier molecular flexibility index (Phi) is 5.33. The van der Waals surface area contributed by atoms with Crippen LogP contribution in [0.3, 0.4) is 0 Å². The third kappa shape index (κ3) is 4.44. The normalized spacial score (nSPS) is 21.8. The molecule has 0 amide bonds. The molecule has 0 saturated carbocycles. The van der Waals surface area contributed by atoms with Gasteiger partial charge in [0.15, 0.2) is 0 Å². The maximum Gasteiger partial charge on any atom is 0.264 e. The summed E-state index contributed by atoms with van der Waals surface area (Å²) in [7, 11) is -3.45. The van der Waals surface area contributed by atoms with Gasteiger partial charge in [0.25, 0.3) is 10.1 Å². The van der Waals surface area contributed by atoms with Crippen LogP contribution < -0.4 is 0 Å². The van der Waals surface area contributed by atoms with Crippen molar-refractivity contribution in [2.45, 2.75) is 31.0 Å². The van der Waals surface area contributed by atoms with Gasteiger partial charge in [-0.05, 0) is 24.0 Å². The van der Waals surface area contributed by atoms with Crippen LogP contribution in [-0.4, -0.2) is 33.5 Å². The Labute approximate surface area is 143 Å². The van der Waals surface area contributed by atoms with Gasteiger partial charge in [0, 0.05) is 5.92 Å². The standard InChI is InChI=1S/C19H22O4S/c1-24(20,21)23-17-12-13-18(22-14-17)19(15-8-4-2-5-9-15)16-10-6-3-7-11-16/h2-11,17-19H,12-14H2,1H3/t17-,18?/m1/s1. The predicted octanol–water partition coefficient (Wildman–Crippen LogP) is 3.34. The molecule has 1 aliphatic heterocycles. The fourth-order valence-electron chi connectivity index (χ4n) is 3.28. The third-order valence-corrected chi connectivity index (χ3v) is 4.89. The van der Waals surface area contributed by atoms with Crippen molar-refractivity contribution < 1.29 is 17.3 Å². The summed E-state index contributed by atoms with van der Waals surface area (Å²) in [5.74, 6) is 0.131. The molecule has 24 heavy (non-hydrogen) atoms. The minimum absolute atomic E-state index is 0.00853. The molecule has 128 valence electrons. The molecular formula is C19H22O4S. The van der Waals surface area contributed by atoms with E-state index >= 15 is 0 Å². The predicted molar refractivity (Wildman–Crippen MR) is 93.4 cm³/mol. The number of rotatable bonds is 5. The van der Waals surface area contributed by atoms with E-state index in [-0.39, 0.29) is 18.1 Å². The summed E-state index contributed by atoms with van der Waals surface area (Å²) >= 11 is 0. The molecule has 2 aromatic rings. The average Bonchev–Trinajstić information content (AvgIpc) is 2.57. The molecule has 1 fully saturated rings. The zero-order valence-electron chi connectivity index (χ0n) is 13.7. The monoisotopic (exact) mass is 346 g/mol. The lowest BCUT2D eigenvalue weighted by molar-refractivity contribution is -0.0499. The average molecular weight is 346 g/mol. The van der Waals surface area contributed by atoms with E-state index in [0.29, 0.717) is 13.0 Å². The summed E-state index contributed by atoms with van der Waals surface area (Å²) in [6.07, 6.45) is 2.14. The highest BCUT2D eigenvalue weighted by atomic mass is 32.2. The molecule has 0 radical (unpaired) electrons. The van der Waals surface area contributed by atoms with Gasteiger partial charge in [-0.15, -0.1) is 0 Å². The van der Waals surface area contributed by atoms with Crippen molar-refractivity contribution in [3.05, 3.63) is 71.8 Å². The maximum atomic E-state index is 11.3. The van der Waals surface area contributed by atoms with Crippen LogP contribution in [0, 0.1) is 0 Å². The Morgan fingerprint density at radius 1 is 0.958 bits per heavy atom. The summed E-state index contributed by atoms with van der Waals surface area (Å²) in [4.78, 5) is 0. The second kappa shape index (κ2) is 7.47. The van der Waals surface area contributed by atoms with Crippen LogP contribution in [0.4, 0.5) is 0 Å². The molecule has 4 nitrogen and oxygen atoms in total. The van der Waals surface area contributed by atoms with Crippen LogP contribution in [0.15, 0.2) is 60.7 Å². The van der Waals surface area contributed by atoms with Gasteiger partial charge >= 0.3 is 0 Å². The quantitative estimate of drug-likeness (QED) is 0.779. The Balaban J connectivity index is 1.78. The Morgan fingerprint density at radius 2 is 1.50 bits per heavy atom. The van der Waals surface area contributed by atoms with Crippen molar-refractivity contribution in [1.29, 1.82) is 0 Å². The van der Waals surface area contributed by atoms with Crippen LogP contribution in [0.5, 0.6) is 0 Å². The van der Waals surface area contributed by atoms with Crippen molar-refractivity contribution >= 4 is 10.1 Å². The molecule has 1 heterocycles. The van der Waals surface area contributed by atoms with Crippen LogP contribution in [0.2, 0.25) is 0 Å².